The van der Waals surface area contributed by atoms with Gasteiger partial charge in [0.2, 0.25) is 0 Å². The second-order valence-corrected chi connectivity index (χ2v) is 6.68. The summed E-state index contributed by atoms with van der Waals surface area (Å²) >= 11 is 1.65. The van der Waals surface area contributed by atoms with E-state index in [1.807, 2.05) is 12.3 Å². The predicted octanol–water partition coefficient (Wildman–Crippen LogP) is 3.23. The van der Waals surface area contributed by atoms with E-state index in [1.54, 1.807) is 11.3 Å². The number of hydrogen-bond donors (Lipinski definition) is 2. The molecule has 1 aliphatic carbocycles. The molecule has 1 aromatic heterocycles. The van der Waals surface area contributed by atoms with Crippen molar-refractivity contribution >= 4 is 17.4 Å². The highest BCUT2D eigenvalue weighted by atomic mass is 32.1. The molecule has 0 saturated carbocycles. The third-order valence-corrected chi connectivity index (χ3v) is 5.06. The van der Waals surface area contributed by atoms with Crippen LogP contribution in [0.15, 0.2) is 29.6 Å². The topological polar surface area (TPSA) is 54.0 Å². The van der Waals surface area contributed by atoms with Crippen LogP contribution in [0.3, 0.4) is 0 Å². The molecule has 0 radical (unpaired) electrons. The highest BCUT2D eigenvalue weighted by Gasteiger charge is 2.23. The summed E-state index contributed by atoms with van der Waals surface area (Å²) in [5.41, 5.74) is 3.62. The summed E-state index contributed by atoms with van der Waals surface area (Å²) in [7, 11) is 0. The van der Waals surface area contributed by atoms with Crippen LogP contribution in [0.4, 0.5) is 4.79 Å². The second kappa shape index (κ2) is 6.48. The molecule has 4 nitrogen and oxygen atoms in total. The number of benzene rings is 1. The number of aromatic nitrogens is 1. The van der Waals surface area contributed by atoms with Crippen molar-refractivity contribution in [3.8, 4) is 0 Å². The van der Waals surface area contributed by atoms with Crippen molar-refractivity contribution in [3.63, 3.8) is 0 Å². The van der Waals surface area contributed by atoms with E-state index in [9.17, 15) is 4.79 Å². The van der Waals surface area contributed by atoms with Gasteiger partial charge in [-0.1, -0.05) is 31.2 Å². The number of amides is 2. The molecule has 1 aliphatic rings. The van der Waals surface area contributed by atoms with Crippen molar-refractivity contribution in [2.75, 3.05) is 0 Å². The Bertz CT molecular complexity index is 642. The molecule has 5 heteroatoms. The van der Waals surface area contributed by atoms with Gasteiger partial charge in [-0.2, -0.15) is 0 Å². The van der Waals surface area contributed by atoms with E-state index in [2.05, 4.69) is 46.8 Å². The largest absolute Gasteiger partial charge is 0.335 e. The maximum atomic E-state index is 12.2. The molecule has 3 rings (SSSR count). The van der Waals surface area contributed by atoms with Crippen molar-refractivity contribution in [2.45, 2.75) is 45.2 Å². The van der Waals surface area contributed by atoms with Gasteiger partial charge in [-0.25, -0.2) is 9.78 Å². The lowest BCUT2D eigenvalue weighted by atomic mass is 10.1. The Kier molecular flexibility index (Phi) is 4.43. The van der Waals surface area contributed by atoms with Crippen LogP contribution in [0.1, 0.15) is 41.7 Å². The predicted molar refractivity (Wildman–Crippen MR) is 89.2 cm³/mol. The Hall–Kier alpha value is -1.88. The van der Waals surface area contributed by atoms with Crippen molar-refractivity contribution in [1.29, 1.82) is 0 Å². The Morgan fingerprint density at radius 1 is 1.36 bits per heavy atom. The molecule has 2 aromatic rings. The monoisotopic (exact) mass is 315 g/mol. The number of rotatable bonds is 4. The minimum Gasteiger partial charge on any atom is -0.335 e. The first kappa shape index (κ1) is 15.0. The van der Waals surface area contributed by atoms with Gasteiger partial charge in [0.25, 0.3) is 0 Å². The number of aryl methyl sites for hydroxylation is 1. The zero-order chi connectivity index (χ0) is 15.5. The Morgan fingerprint density at radius 3 is 2.64 bits per heavy atom. The van der Waals surface area contributed by atoms with E-state index in [0.29, 0.717) is 0 Å². The first-order chi connectivity index (χ1) is 10.7. The molecule has 1 heterocycles. The van der Waals surface area contributed by atoms with Crippen molar-refractivity contribution < 1.29 is 4.79 Å². The zero-order valence-corrected chi connectivity index (χ0v) is 13.7. The van der Waals surface area contributed by atoms with Crippen LogP contribution in [0.25, 0.3) is 0 Å². The lowest BCUT2D eigenvalue weighted by molar-refractivity contribution is 0.234. The van der Waals surface area contributed by atoms with E-state index in [1.165, 1.54) is 11.1 Å². The average Bonchev–Trinajstić information content (AvgIpc) is 3.12. The van der Waals surface area contributed by atoms with Crippen molar-refractivity contribution in [1.82, 2.24) is 15.6 Å². The molecule has 0 fully saturated rings. The molecule has 0 bridgehead atoms. The van der Waals surface area contributed by atoms with Gasteiger partial charge < -0.3 is 10.6 Å². The summed E-state index contributed by atoms with van der Waals surface area (Å²) in [4.78, 5) is 16.7. The van der Waals surface area contributed by atoms with Crippen LogP contribution in [0.2, 0.25) is 0 Å². The zero-order valence-electron chi connectivity index (χ0n) is 12.9. The summed E-state index contributed by atoms with van der Waals surface area (Å²) in [6, 6.07) is 8.38. The van der Waals surface area contributed by atoms with Gasteiger partial charge in [0, 0.05) is 11.4 Å². The Labute approximate surface area is 135 Å². The lowest BCUT2D eigenvalue weighted by Crippen LogP contribution is -2.43. The summed E-state index contributed by atoms with van der Waals surface area (Å²) in [6.07, 6.45) is 2.76. The molecule has 2 N–H and O–H groups in total. The van der Waals surface area contributed by atoms with E-state index in [0.717, 1.165) is 30.0 Å². The molecular formula is C17H21N3OS. The van der Waals surface area contributed by atoms with Crippen LogP contribution in [0.5, 0.6) is 0 Å². The fourth-order valence-electron chi connectivity index (χ4n) is 2.84. The lowest BCUT2D eigenvalue weighted by Gasteiger charge is -2.16. The van der Waals surface area contributed by atoms with Crippen LogP contribution >= 0.6 is 11.3 Å². The molecule has 1 atom stereocenters. The molecule has 0 saturated heterocycles. The van der Waals surface area contributed by atoms with E-state index < -0.39 is 0 Å². The second-order valence-electron chi connectivity index (χ2n) is 5.73. The standard InChI is InChI=1S/C17H21N3OS/c1-3-16-20-15(10-22-16)11(2)18-17(21)19-14-8-12-6-4-5-7-13(12)9-14/h4-7,10-11,14H,3,8-9H2,1-2H3,(H2,18,19,21)/t11-/m0/s1. The summed E-state index contributed by atoms with van der Waals surface area (Å²) in [6.45, 7) is 4.06. The van der Waals surface area contributed by atoms with Gasteiger partial charge in [-0.15, -0.1) is 11.3 Å². The van der Waals surface area contributed by atoms with Crippen LogP contribution < -0.4 is 10.6 Å². The molecule has 22 heavy (non-hydrogen) atoms. The first-order valence-electron chi connectivity index (χ1n) is 7.73. The fourth-order valence-corrected chi connectivity index (χ4v) is 3.68. The van der Waals surface area contributed by atoms with Crippen LogP contribution in [-0.2, 0) is 19.3 Å². The number of nitrogens with one attached hydrogen (secondary N) is 2. The molecule has 0 aliphatic heterocycles. The molecular weight excluding hydrogens is 294 g/mol. The van der Waals surface area contributed by atoms with Crippen molar-refractivity contribution in [3.05, 3.63) is 51.5 Å². The number of fused-ring (bicyclic) bond motifs is 1. The maximum Gasteiger partial charge on any atom is 0.315 e. The summed E-state index contributed by atoms with van der Waals surface area (Å²) < 4.78 is 0. The third kappa shape index (κ3) is 3.30. The number of carbonyl (C=O) groups excluding carboxylic acids is 1. The van der Waals surface area contributed by atoms with E-state index in [-0.39, 0.29) is 18.1 Å². The average molecular weight is 315 g/mol. The summed E-state index contributed by atoms with van der Waals surface area (Å²) in [5, 5.41) is 9.18. The van der Waals surface area contributed by atoms with Gasteiger partial charge in [-0.05, 0) is 37.3 Å². The Balaban J connectivity index is 1.53. The molecule has 2 amide bonds. The minimum absolute atomic E-state index is 0.0691. The number of hydrogen-bond acceptors (Lipinski definition) is 3. The number of carbonyl (C=O) groups is 1. The highest BCUT2D eigenvalue weighted by molar-refractivity contribution is 7.09. The van der Waals surface area contributed by atoms with Gasteiger partial charge >= 0.3 is 6.03 Å². The summed E-state index contributed by atoms with van der Waals surface area (Å²) in [5.74, 6) is 0. The fraction of sp³-hybridized carbons (Fsp3) is 0.412. The molecule has 0 unspecified atom stereocenters. The number of urea groups is 1. The van der Waals surface area contributed by atoms with E-state index >= 15 is 0 Å². The number of thiazole rings is 1. The third-order valence-electron chi connectivity index (χ3n) is 4.05. The van der Waals surface area contributed by atoms with Crippen LogP contribution in [-0.4, -0.2) is 17.1 Å². The Morgan fingerprint density at radius 2 is 2.05 bits per heavy atom. The van der Waals surface area contributed by atoms with Gasteiger partial charge in [0.1, 0.15) is 0 Å². The quantitative estimate of drug-likeness (QED) is 0.910. The highest BCUT2D eigenvalue weighted by Crippen LogP contribution is 2.22. The normalized spacial score (nSPS) is 15.4. The molecule has 0 spiro atoms. The van der Waals surface area contributed by atoms with Gasteiger partial charge in [0.15, 0.2) is 0 Å². The van der Waals surface area contributed by atoms with E-state index in [4.69, 9.17) is 0 Å². The smallest absolute Gasteiger partial charge is 0.315 e. The van der Waals surface area contributed by atoms with Gasteiger partial charge in [-0.3, -0.25) is 0 Å². The number of nitrogens with zero attached hydrogens (tertiary/aromatic N) is 1. The molecule has 116 valence electrons. The minimum atomic E-state index is -0.114. The maximum absolute atomic E-state index is 12.2. The van der Waals surface area contributed by atoms with Crippen molar-refractivity contribution in [2.24, 2.45) is 0 Å². The molecule has 1 aromatic carbocycles. The van der Waals surface area contributed by atoms with Gasteiger partial charge in [0.05, 0.1) is 16.7 Å². The SMILES string of the molecule is CCc1nc([C@H](C)NC(=O)NC2Cc3ccccc3C2)cs1. The van der Waals surface area contributed by atoms with Crippen LogP contribution in [0, 0.1) is 0 Å². The first-order valence-corrected chi connectivity index (χ1v) is 8.61.